The molecular formula is C25H24N2O6. The Morgan fingerprint density at radius 3 is 2.42 bits per heavy atom. The Morgan fingerprint density at radius 1 is 1.09 bits per heavy atom. The van der Waals surface area contributed by atoms with Crippen molar-refractivity contribution in [1.29, 1.82) is 0 Å². The number of benzene rings is 2. The zero-order valence-electron chi connectivity index (χ0n) is 18.5. The maximum atomic E-state index is 12.8. The van der Waals surface area contributed by atoms with Crippen LogP contribution in [-0.4, -0.2) is 16.8 Å². The van der Waals surface area contributed by atoms with Crippen LogP contribution in [-0.2, 0) is 21.6 Å². The molecule has 0 aliphatic rings. The first kappa shape index (κ1) is 23.5. The normalized spacial score (nSPS) is 11.7. The van der Waals surface area contributed by atoms with Crippen molar-refractivity contribution in [2.24, 2.45) is 0 Å². The molecule has 170 valence electrons. The molecule has 0 radical (unpaired) electrons. The molecule has 0 bridgehead atoms. The predicted molar refractivity (Wildman–Crippen MR) is 122 cm³/mol. The van der Waals surface area contributed by atoms with Crippen LogP contribution in [0.3, 0.4) is 0 Å². The molecule has 0 saturated carbocycles. The molecular weight excluding hydrogens is 424 g/mol. The van der Waals surface area contributed by atoms with Crippen LogP contribution < -0.4 is 5.32 Å². The van der Waals surface area contributed by atoms with Gasteiger partial charge in [0.1, 0.15) is 18.1 Å². The van der Waals surface area contributed by atoms with Crippen LogP contribution in [0, 0.1) is 10.1 Å². The highest BCUT2D eigenvalue weighted by Crippen LogP contribution is 2.22. The van der Waals surface area contributed by atoms with Gasteiger partial charge in [-0.25, -0.2) is 4.79 Å². The minimum atomic E-state index is -0.808. The van der Waals surface area contributed by atoms with Gasteiger partial charge < -0.3 is 14.5 Å². The number of rotatable bonds is 7. The van der Waals surface area contributed by atoms with Gasteiger partial charge in [0.2, 0.25) is 0 Å². The number of furan rings is 1. The zero-order valence-corrected chi connectivity index (χ0v) is 18.5. The van der Waals surface area contributed by atoms with Crippen molar-refractivity contribution >= 4 is 23.6 Å². The first-order valence-corrected chi connectivity index (χ1v) is 10.2. The first-order chi connectivity index (χ1) is 15.6. The number of hydrogen-bond acceptors (Lipinski definition) is 6. The molecule has 1 amide bonds. The second-order valence-electron chi connectivity index (χ2n) is 8.35. The molecule has 1 aromatic heterocycles. The van der Waals surface area contributed by atoms with Crippen LogP contribution in [0.15, 0.2) is 77.0 Å². The highest BCUT2D eigenvalue weighted by molar-refractivity contribution is 6.03. The number of carbonyl (C=O) groups excluding carboxylic acids is 2. The molecule has 2 aromatic carbocycles. The van der Waals surface area contributed by atoms with E-state index in [1.807, 2.05) is 12.1 Å². The van der Waals surface area contributed by atoms with E-state index in [-0.39, 0.29) is 23.4 Å². The Bertz CT molecular complexity index is 1170. The van der Waals surface area contributed by atoms with Crippen LogP contribution >= 0.6 is 0 Å². The van der Waals surface area contributed by atoms with Gasteiger partial charge >= 0.3 is 5.97 Å². The van der Waals surface area contributed by atoms with E-state index in [0.29, 0.717) is 16.9 Å². The van der Waals surface area contributed by atoms with Crippen LogP contribution in [0.2, 0.25) is 0 Å². The summed E-state index contributed by atoms with van der Waals surface area (Å²) in [5.41, 5.74) is 1.40. The lowest BCUT2D eigenvalue weighted by Gasteiger charge is -2.19. The summed E-state index contributed by atoms with van der Waals surface area (Å²) >= 11 is 0. The fourth-order valence-electron chi connectivity index (χ4n) is 2.97. The Kier molecular flexibility index (Phi) is 7.07. The predicted octanol–water partition coefficient (Wildman–Crippen LogP) is 5.00. The van der Waals surface area contributed by atoms with E-state index in [2.05, 4.69) is 26.1 Å². The van der Waals surface area contributed by atoms with E-state index in [4.69, 9.17) is 9.15 Å². The number of non-ortho nitro benzene ring substituents is 1. The molecule has 33 heavy (non-hydrogen) atoms. The summed E-state index contributed by atoms with van der Waals surface area (Å²) in [6.07, 6.45) is 2.78. The molecule has 0 aliphatic carbocycles. The van der Waals surface area contributed by atoms with Crippen molar-refractivity contribution in [3.8, 4) is 0 Å². The first-order valence-electron chi connectivity index (χ1n) is 10.2. The van der Waals surface area contributed by atoms with Crippen molar-refractivity contribution in [3.63, 3.8) is 0 Å². The summed E-state index contributed by atoms with van der Waals surface area (Å²) in [5, 5.41) is 13.6. The second-order valence-corrected chi connectivity index (χ2v) is 8.35. The molecule has 0 fully saturated rings. The van der Waals surface area contributed by atoms with Gasteiger partial charge in [-0.15, -0.1) is 0 Å². The number of ether oxygens (including phenoxy) is 1. The van der Waals surface area contributed by atoms with Gasteiger partial charge in [-0.2, -0.15) is 0 Å². The molecule has 8 heteroatoms. The lowest BCUT2D eigenvalue weighted by molar-refractivity contribution is -0.384. The summed E-state index contributed by atoms with van der Waals surface area (Å²) in [6, 6.07) is 16.1. The number of amides is 1. The molecule has 1 N–H and O–H groups in total. The van der Waals surface area contributed by atoms with Gasteiger partial charge in [0.25, 0.3) is 11.6 Å². The average molecular weight is 448 g/mol. The van der Waals surface area contributed by atoms with E-state index in [1.54, 1.807) is 30.3 Å². The number of nitrogens with one attached hydrogen (secondary N) is 1. The number of nitro benzene ring substituents is 1. The molecule has 3 rings (SSSR count). The number of esters is 1. The van der Waals surface area contributed by atoms with Crippen LogP contribution in [0.1, 0.15) is 48.0 Å². The Hall–Kier alpha value is -4.20. The Balaban J connectivity index is 1.85. The molecule has 8 nitrogen and oxygen atoms in total. The molecule has 0 unspecified atom stereocenters. The Morgan fingerprint density at radius 2 is 1.82 bits per heavy atom. The molecule has 0 aliphatic heterocycles. The van der Waals surface area contributed by atoms with Crippen molar-refractivity contribution in [2.75, 3.05) is 0 Å². The van der Waals surface area contributed by atoms with Crippen molar-refractivity contribution < 1.29 is 23.7 Å². The number of hydrogen-bond donors (Lipinski definition) is 1. The third kappa shape index (κ3) is 6.39. The maximum absolute atomic E-state index is 12.8. The van der Waals surface area contributed by atoms with Crippen molar-refractivity contribution in [1.82, 2.24) is 5.32 Å². The molecule has 0 spiro atoms. The fourth-order valence-corrected chi connectivity index (χ4v) is 2.97. The SMILES string of the molecule is CC(C)(C)c1ccc(C(=O)NC(=Cc2cccc([N+](=O)[O-])c2)C(=O)OCc2ccco2)cc1. The largest absolute Gasteiger partial charge is 0.466 e. The van der Waals surface area contributed by atoms with E-state index in [9.17, 15) is 19.7 Å². The topological polar surface area (TPSA) is 112 Å². The summed E-state index contributed by atoms with van der Waals surface area (Å²) < 4.78 is 10.4. The summed E-state index contributed by atoms with van der Waals surface area (Å²) in [4.78, 5) is 36.1. The van der Waals surface area contributed by atoms with Gasteiger partial charge in [-0.3, -0.25) is 14.9 Å². The van der Waals surface area contributed by atoms with Crippen LogP contribution in [0.25, 0.3) is 6.08 Å². The lowest BCUT2D eigenvalue weighted by atomic mass is 9.87. The number of nitrogens with zero attached hydrogens (tertiary/aromatic N) is 1. The maximum Gasteiger partial charge on any atom is 0.355 e. The average Bonchev–Trinajstić information content (AvgIpc) is 3.30. The van der Waals surface area contributed by atoms with Gasteiger partial charge in [0.05, 0.1) is 11.2 Å². The number of carbonyl (C=O) groups is 2. The molecule has 0 saturated heterocycles. The van der Waals surface area contributed by atoms with Crippen molar-refractivity contribution in [3.05, 3.63) is 105 Å². The second kappa shape index (κ2) is 9.95. The fraction of sp³-hybridized carbons (Fsp3) is 0.200. The molecule has 1 heterocycles. The third-order valence-electron chi connectivity index (χ3n) is 4.80. The van der Waals surface area contributed by atoms with E-state index < -0.39 is 16.8 Å². The van der Waals surface area contributed by atoms with Gasteiger partial charge in [-0.05, 0) is 46.9 Å². The minimum Gasteiger partial charge on any atom is -0.466 e. The van der Waals surface area contributed by atoms with Gasteiger partial charge in [0, 0.05) is 17.7 Å². The van der Waals surface area contributed by atoms with E-state index in [0.717, 1.165) is 5.56 Å². The minimum absolute atomic E-state index is 0.0717. The number of nitro groups is 1. The molecule has 0 atom stereocenters. The monoisotopic (exact) mass is 448 g/mol. The summed E-state index contributed by atoms with van der Waals surface area (Å²) in [7, 11) is 0. The highest BCUT2D eigenvalue weighted by atomic mass is 16.6. The van der Waals surface area contributed by atoms with Gasteiger partial charge in [-0.1, -0.05) is 45.0 Å². The smallest absolute Gasteiger partial charge is 0.355 e. The Labute approximate surface area is 191 Å². The van der Waals surface area contributed by atoms with Crippen LogP contribution in [0.5, 0.6) is 0 Å². The quantitative estimate of drug-likeness (QED) is 0.236. The summed E-state index contributed by atoms with van der Waals surface area (Å²) in [6.45, 7) is 6.07. The van der Waals surface area contributed by atoms with E-state index in [1.165, 1.54) is 30.5 Å². The molecule has 3 aromatic rings. The highest BCUT2D eigenvalue weighted by Gasteiger charge is 2.19. The van der Waals surface area contributed by atoms with E-state index >= 15 is 0 Å². The standard InChI is InChI=1S/C25H24N2O6/c1-25(2,3)19-11-9-18(10-12-19)23(28)26-22(24(29)33-16-21-8-5-13-32-21)15-17-6-4-7-20(14-17)27(30)31/h4-15H,16H2,1-3H3,(H,26,28). The summed E-state index contributed by atoms with van der Waals surface area (Å²) in [5.74, 6) is -0.887. The van der Waals surface area contributed by atoms with Gasteiger partial charge in [0.15, 0.2) is 0 Å². The lowest BCUT2D eigenvalue weighted by Crippen LogP contribution is -2.28. The van der Waals surface area contributed by atoms with Crippen LogP contribution in [0.4, 0.5) is 5.69 Å². The van der Waals surface area contributed by atoms with Crippen molar-refractivity contribution in [2.45, 2.75) is 32.8 Å². The third-order valence-corrected chi connectivity index (χ3v) is 4.80. The zero-order chi connectivity index (χ0) is 24.0.